The molecule has 1 aliphatic rings. The number of fused-ring (bicyclic) bond motifs is 1. The third kappa shape index (κ3) is 4.20. The number of benzene rings is 3. The number of aromatic nitrogens is 1. The van der Waals surface area contributed by atoms with Crippen molar-refractivity contribution in [1.29, 1.82) is 0 Å². The second kappa shape index (κ2) is 9.22. The van der Waals surface area contributed by atoms with Crippen LogP contribution in [0.3, 0.4) is 0 Å². The van der Waals surface area contributed by atoms with Crippen LogP contribution >= 0.6 is 11.3 Å². The van der Waals surface area contributed by atoms with Gasteiger partial charge in [-0.3, -0.25) is 4.79 Å². The number of hydrogen-bond acceptors (Lipinski definition) is 5. The fraction of sp³-hybridized carbons (Fsp3) is 0.111. The van der Waals surface area contributed by atoms with E-state index in [1.54, 1.807) is 44.6 Å². The number of nitrogens with zero attached hydrogens (tertiary/aromatic N) is 3. The van der Waals surface area contributed by atoms with Crippen LogP contribution < -0.4 is 4.90 Å². The Kier molecular flexibility index (Phi) is 6.10. The van der Waals surface area contributed by atoms with E-state index in [1.165, 1.54) is 20.5 Å². The minimum Gasteiger partial charge on any atom is -0.311 e. The lowest BCUT2D eigenvalue weighted by Gasteiger charge is -2.28. The predicted molar refractivity (Wildman–Crippen MR) is 140 cm³/mol. The molecule has 0 atom stereocenters. The minimum absolute atomic E-state index is 0.128. The van der Waals surface area contributed by atoms with Crippen LogP contribution in [0.1, 0.15) is 27.7 Å². The number of anilines is 1. The van der Waals surface area contributed by atoms with E-state index in [-0.39, 0.29) is 10.8 Å². The zero-order valence-corrected chi connectivity index (χ0v) is 20.8. The van der Waals surface area contributed by atoms with Crippen molar-refractivity contribution in [1.82, 2.24) is 9.29 Å². The van der Waals surface area contributed by atoms with Gasteiger partial charge >= 0.3 is 0 Å². The monoisotopic (exact) mass is 501 g/mol. The molecule has 0 bridgehead atoms. The van der Waals surface area contributed by atoms with Crippen LogP contribution in [0.5, 0.6) is 0 Å². The second-order valence-corrected chi connectivity index (χ2v) is 11.1. The Labute approximate surface area is 208 Å². The molecule has 0 saturated heterocycles. The maximum Gasteiger partial charge on any atom is 0.258 e. The van der Waals surface area contributed by atoms with Crippen LogP contribution in [0.2, 0.25) is 0 Å². The molecule has 2 heterocycles. The quantitative estimate of drug-likeness (QED) is 0.346. The Morgan fingerprint density at radius 2 is 1.60 bits per heavy atom. The number of hydrogen-bond donors (Lipinski definition) is 0. The molecule has 0 spiro atoms. The first-order chi connectivity index (χ1) is 16.9. The number of sulfonamides is 1. The molecular formula is C27H23N3O3S2. The molecule has 0 aliphatic carbocycles. The number of thiazole rings is 1. The Balaban J connectivity index is 1.60. The van der Waals surface area contributed by atoms with Gasteiger partial charge in [0.25, 0.3) is 5.91 Å². The first-order valence-electron chi connectivity index (χ1n) is 11.0. The third-order valence-electron chi connectivity index (χ3n) is 6.15. The highest BCUT2D eigenvalue weighted by atomic mass is 32.2. The standard InChI is InChI=1S/C27H23N3O3S2/c1-29-24-14-13-21(17-22(24)23(27(29)31)18-25-28-15-16-34-25)35(32,33)30(2)26(19-9-5-3-6-10-19)20-11-7-4-8-12-20/h3-18,26H,1-2H3/b23-18+. The Morgan fingerprint density at radius 1 is 0.971 bits per heavy atom. The first kappa shape index (κ1) is 23.2. The lowest BCUT2D eigenvalue weighted by molar-refractivity contribution is -0.112. The van der Waals surface area contributed by atoms with Crippen molar-refractivity contribution < 1.29 is 13.2 Å². The molecule has 0 radical (unpaired) electrons. The fourth-order valence-electron chi connectivity index (χ4n) is 4.35. The van der Waals surface area contributed by atoms with E-state index in [0.29, 0.717) is 21.8 Å². The van der Waals surface area contributed by atoms with Gasteiger partial charge in [-0.1, -0.05) is 60.7 Å². The van der Waals surface area contributed by atoms with E-state index in [1.807, 2.05) is 66.0 Å². The highest BCUT2D eigenvalue weighted by molar-refractivity contribution is 7.89. The van der Waals surface area contributed by atoms with Crippen molar-refractivity contribution in [3.8, 4) is 0 Å². The van der Waals surface area contributed by atoms with Crippen LogP contribution in [0.25, 0.3) is 11.6 Å². The van der Waals surface area contributed by atoms with Crippen molar-refractivity contribution in [2.45, 2.75) is 10.9 Å². The predicted octanol–water partition coefficient (Wildman–Crippen LogP) is 5.07. The molecule has 4 aromatic rings. The normalized spacial score (nSPS) is 14.8. The first-order valence-corrected chi connectivity index (χ1v) is 13.3. The topological polar surface area (TPSA) is 70.6 Å². The summed E-state index contributed by atoms with van der Waals surface area (Å²) in [5, 5.41) is 2.52. The van der Waals surface area contributed by atoms with E-state index in [4.69, 9.17) is 0 Å². The van der Waals surface area contributed by atoms with Gasteiger partial charge in [-0.25, -0.2) is 13.4 Å². The number of carbonyl (C=O) groups excluding carboxylic acids is 1. The van der Waals surface area contributed by atoms with Gasteiger partial charge in [-0.15, -0.1) is 11.3 Å². The van der Waals surface area contributed by atoms with Crippen molar-refractivity contribution in [3.05, 3.63) is 112 Å². The Morgan fingerprint density at radius 3 is 2.17 bits per heavy atom. The highest BCUT2D eigenvalue weighted by Gasteiger charge is 2.34. The average Bonchev–Trinajstić information content (AvgIpc) is 3.48. The average molecular weight is 502 g/mol. The molecule has 0 N–H and O–H groups in total. The van der Waals surface area contributed by atoms with Crippen LogP contribution in [0.15, 0.2) is 95.3 Å². The summed E-state index contributed by atoms with van der Waals surface area (Å²) in [6.07, 6.45) is 3.39. The van der Waals surface area contributed by atoms with E-state index >= 15 is 0 Å². The molecule has 176 valence electrons. The lowest BCUT2D eigenvalue weighted by atomic mass is 9.99. The van der Waals surface area contributed by atoms with E-state index in [2.05, 4.69) is 4.98 Å². The number of carbonyl (C=O) groups is 1. The molecule has 3 aromatic carbocycles. The largest absolute Gasteiger partial charge is 0.311 e. The van der Waals surface area contributed by atoms with E-state index in [0.717, 1.165) is 11.1 Å². The molecule has 5 rings (SSSR count). The minimum atomic E-state index is -3.91. The van der Waals surface area contributed by atoms with Crippen LogP contribution in [0, 0.1) is 0 Å². The van der Waals surface area contributed by atoms with Gasteiger partial charge in [0.15, 0.2) is 0 Å². The third-order valence-corrected chi connectivity index (χ3v) is 8.69. The summed E-state index contributed by atoms with van der Waals surface area (Å²) in [5.74, 6) is -0.190. The molecule has 1 amide bonds. The molecule has 0 saturated carbocycles. The van der Waals surface area contributed by atoms with Crippen LogP contribution in [0.4, 0.5) is 5.69 Å². The van der Waals surface area contributed by atoms with Crippen molar-refractivity contribution in [2.75, 3.05) is 19.0 Å². The lowest BCUT2D eigenvalue weighted by Crippen LogP contribution is -2.32. The summed E-state index contributed by atoms with van der Waals surface area (Å²) >= 11 is 1.42. The molecule has 6 nitrogen and oxygen atoms in total. The smallest absolute Gasteiger partial charge is 0.258 e. The summed E-state index contributed by atoms with van der Waals surface area (Å²) in [6, 6.07) is 23.5. The molecular weight excluding hydrogens is 478 g/mol. The molecule has 8 heteroatoms. The summed E-state index contributed by atoms with van der Waals surface area (Å²) in [7, 11) is -0.634. The maximum absolute atomic E-state index is 13.9. The second-order valence-electron chi connectivity index (χ2n) is 8.22. The molecule has 0 fully saturated rings. The number of rotatable bonds is 6. The summed E-state index contributed by atoms with van der Waals surface area (Å²) in [4.78, 5) is 18.8. The zero-order valence-electron chi connectivity index (χ0n) is 19.2. The van der Waals surface area contributed by atoms with Crippen molar-refractivity contribution in [3.63, 3.8) is 0 Å². The van der Waals surface area contributed by atoms with Gasteiger partial charge in [0, 0.05) is 31.2 Å². The van der Waals surface area contributed by atoms with Gasteiger partial charge in [-0.05, 0) is 35.4 Å². The van der Waals surface area contributed by atoms with Gasteiger partial charge in [0.2, 0.25) is 10.0 Å². The zero-order chi connectivity index (χ0) is 24.6. The molecule has 35 heavy (non-hydrogen) atoms. The summed E-state index contributed by atoms with van der Waals surface area (Å²) in [5.41, 5.74) is 3.41. The number of amides is 1. The van der Waals surface area contributed by atoms with Gasteiger partial charge in [-0.2, -0.15) is 4.31 Å². The Hall–Kier alpha value is -3.59. The number of likely N-dealkylation sites (N-methyl/N-ethyl adjacent to an activating group) is 1. The van der Waals surface area contributed by atoms with E-state index < -0.39 is 16.1 Å². The Bertz CT molecular complexity index is 1460. The maximum atomic E-state index is 13.9. The van der Waals surface area contributed by atoms with Crippen LogP contribution in [-0.4, -0.2) is 37.7 Å². The molecule has 1 aromatic heterocycles. The summed E-state index contributed by atoms with van der Waals surface area (Å²) in [6.45, 7) is 0. The summed E-state index contributed by atoms with van der Waals surface area (Å²) < 4.78 is 29.2. The van der Waals surface area contributed by atoms with E-state index in [9.17, 15) is 13.2 Å². The van der Waals surface area contributed by atoms with Gasteiger partial charge < -0.3 is 4.90 Å². The molecule has 0 unspecified atom stereocenters. The molecule has 1 aliphatic heterocycles. The van der Waals surface area contributed by atoms with Crippen molar-refractivity contribution >= 4 is 44.6 Å². The van der Waals surface area contributed by atoms with Crippen molar-refractivity contribution in [2.24, 2.45) is 0 Å². The van der Waals surface area contributed by atoms with Crippen LogP contribution in [-0.2, 0) is 14.8 Å². The van der Waals surface area contributed by atoms with Gasteiger partial charge in [0.1, 0.15) is 5.01 Å². The van der Waals surface area contributed by atoms with Gasteiger partial charge in [0.05, 0.1) is 22.2 Å². The SMILES string of the molecule is CN1C(=O)/C(=C/c2nccs2)c2cc(S(=O)(=O)N(C)C(c3ccccc3)c3ccccc3)ccc21. The fourth-order valence-corrected chi connectivity index (χ4v) is 6.27. The highest BCUT2D eigenvalue weighted by Crippen LogP contribution is 2.40.